The Labute approximate surface area is 111 Å². The van der Waals surface area contributed by atoms with E-state index in [9.17, 15) is 0 Å². The third-order valence-electron chi connectivity index (χ3n) is 0. The van der Waals surface area contributed by atoms with Gasteiger partial charge in [-0.2, -0.15) is 0 Å². The first-order valence-corrected chi connectivity index (χ1v) is 1.46. The van der Waals surface area contributed by atoms with Crippen LogP contribution >= 0.6 is 0 Å². The van der Waals surface area contributed by atoms with E-state index in [-0.39, 0.29) is 56.3 Å². The first kappa shape index (κ1) is 162. The molecule has 0 aromatic carbocycles. The molecule has 0 aromatic rings. The van der Waals surface area contributed by atoms with Crippen LogP contribution < -0.4 is 0 Å². The molecule has 0 spiro atoms. The summed E-state index contributed by atoms with van der Waals surface area (Å²) in [7, 11) is 1.25. The molecular weight excluding hydrogens is 180 g/mol. The van der Waals surface area contributed by atoms with Gasteiger partial charge in [0.25, 0.3) is 0 Å². The number of hydrogen-bond acceptors (Lipinski definition) is 0. The third-order valence-corrected chi connectivity index (χ3v) is 0. The van der Waals surface area contributed by atoms with Crippen molar-refractivity contribution in [3.63, 3.8) is 0 Å². The summed E-state index contributed by atoms with van der Waals surface area (Å²) >= 11 is 0. The van der Waals surface area contributed by atoms with Crippen molar-refractivity contribution in [2.45, 2.75) is 66.3 Å². The van der Waals surface area contributed by atoms with Gasteiger partial charge in [0.1, 0.15) is 0 Å². The highest BCUT2D eigenvalue weighted by molar-refractivity contribution is 4.73. The van der Waals surface area contributed by atoms with Crippen LogP contribution in [-0.4, -0.2) is 0 Å². The molecule has 0 bridgehead atoms. The fraction of sp³-hybridized carbons (Fsp3) is 0.600. The minimum atomic E-state index is 0. The number of hydrogen-bond donors (Lipinski definition) is 0. The zero-order valence-corrected chi connectivity index (χ0v) is 5.39. The van der Waals surface area contributed by atoms with Gasteiger partial charge < -0.3 is 0 Å². The molecule has 0 saturated carbocycles. The minimum absolute atomic E-state index is 0. The van der Waals surface area contributed by atoms with Gasteiger partial charge in [-0.1, -0.05) is 59.4 Å². The highest BCUT2D eigenvalue weighted by Gasteiger charge is 1.09. The summed E-state index contributed by atoms with van der Waals surface area (Å²) in [6.45, 7) is 1.65. The quantitative estimate of drug-likeness (QED) is 0.397. The predicted molar refractivity (Wildman–Crippen MR) is 94.5 cm³/mol. The van der Waals surface area contributed by atoms with E-state index in [1.54, 1.807) is 6.92 Å². The van der Waals surface area contributed by atoms with Crippen LogP contribution in [0, 0.1) is 38.0 Å². The molecule has 0 fully saturated rings. The zero-order valence-electron chi connectivity index (χ0n) is 6.39. The molecule has 0 amide bonds. The summed E-state index contributed by atoms with van der Waals surface area (Å²) in [5.74, 6) is 2.25. The highest BCUT2D eigenvalue weighted by atomic mass is 13.2. The maximum absolute atomic E-state index is 5.75. The van der Waals surface area contributed by atoms with Crippen LogP contribution in [0.15, 0.2) is 0 Å². The second kappa shape index (κ2) is 16900. The van der Waals surface area contributed by atoms with E-state index >= 15 is 0 Å². The van der Waals surface area contributed by atoms with E-state index in [4.69, 9.17) is 1.37 Å². The lowest BCUT2D eigenvalue weighted by Gasteiger charge is -1.23. The maximum Gasteiger partial charge on any atom is 0.0194 e. The Hall–Kier alpha value is -1.32. The van der Waals surface area contributed by atoms with Crippen molar-refractivity contribution in [1.29, 1.82) is 0 Å². The van der Waals surface area contributed by atoms with Gasteiger partial charge in [-0.15, -0.1) is 38.0 Å². The first-order chi connectivity index (χ1) is 4.41. The molecule has 0 heterocycles. The molecule has 0 saturated heterocycles. The van der Waals surface area contributed by atoms with Crippen molar-refractivity contribution in [3.8, 4) is 38.0 Å². The molecule has 0 radical (unpaired) electrons. The summed E-state index contributed by atoms with van der Waals surface area (Å²) in [5, 5.41) is 0. The lowest BCUT2D eigenvalue weighted by Crippen LogP contribution is -1.10. The summed E-state index contributed by atoms with van der Waals surface area (Å²) < 4.78 is 5.75. The van der Waals surface area contributed by atoms with E-state index in [0.29, 0.717) is 0 Å². The van der Waals surface area contributed by atoms with Gasteiger partial charge in [-0.05, 0) is 6.92 Å². The monoisotopic (exact) mass is 234 g/mol. The van der Waals surface area contributed by atoms with E-state index in [1.807, 2.05) is 0 Å². The molecule has 0 unspecified atom stereocenters. The van der Waals surface area contributed by atoms with Crippen molar-refractivity contribution in [3.05, 3.63) is 0 Å². The van der Waals surface area contributed by atoms with E-state index in [2.05, 4.69) is 38.0 Å². The number of rotatable bonds is 0. The van der Waals surface area contributed by atoms with Gasteiger partial charge in [0.2, 0.25) is 0 Å². The van der Waals surface area contributed by atoms with Crippen molar-refractivity contribution in [1.82, 2.24) is 0 Å². The molecular formula is C15H46. The molecule has 0 aliphatic rings. The SMILES string of the molecule is C.C.C.C.C.C.C.C#C.C#C.C#CC.[3HH].[3HH].[3HH].[3H]C. The molecule has 15 heavy (non-hydrogen) atoms. The van der Waals surface area contributed by atoms with Gasteiger partial charge in [-0.3, -0.25) is 0 Å². The Morgan fingerprint density at radius 3 is 0.733 bits per heavy atom. The van der Waals surface area contributed by atoms with Gasteiger partial charge in [0.15, 0.2) is 0 Å². The van der Waals surface area contributed by atoms with Crippen molar-refractivity contribution in [2.24, 2.45) is 0 Å². The summed E-state index contributed by atoms with van der Waals surface area (Å²) in [5.41, 5.74) is 0. The smallest absolute Gasteiger partial charge is 0.0194 e. The molecule has 0 aromatic heterocycles. The van der Waals surface area contributed by atoms with Gasteiger partial charge in [0, 0.05) is 5.65 Å². The van der Waals surface area contributed by atoms with E-state index in [1.165, 1.54) is 7.40 Å². The molecule has 0 rings (SSSR count). The predicted octanol–water partition coefficient (Wildman–Crippen LogP) is 6.97. The second-order valence-electron chi connectivity index (χ2n) is 0.289. The van der Waals surface area contributed by atoms with E-state index < -0.39 is 0 Å². The molecule has 0 N–H and O–H groups in total. The molecule has 106 valence electrons. The van der Waals surface area contributed by atoms with Gasteiger partial charge >= 0.3 is 0 Å². The number of terminal acetylenes is 3. The third kappa shape index (κ3) is 830. The van der Waals surface area contributed by atoms with E-state index in [0.717, 1.165) is 0 Å². The van der Waals surface area contributed by atoms with Gasteiger partial charge in [0.05, 0.1) is 0 Å². The first-order valence-electron chi connectivity index (χ1n) is 2.46. The van der Waals surface area contributed by atoms with Crippen molar-refractivity contribution < 1.29 is 5.65 Å². The molecule has 0 aliphatic carbocycles. The van der Waals surface area contributed by atoms with Crippen LogP contribution in [0.4, 0.5) is 0 Å². The largest absolute Gasteiger partial charge is 0.124 e. The molecule has 0 atom stereocenters. The normalized spacial score (nSPS) is 1.27. The van der Waals surface area contributed by atoms with Crippen LogP contribution in [0.25, 0.3) is 0 Å². The van der Waals surface area contributed by atoms with Gasteiger partial charge in [-0.25, -0.2) is 0 Å². The molecule has 0 heteroatoms. The van der Waals surface area contributed by atoms with Crippen LogP contribution in [0.3, 0.4) is 0 Å². The molecule has 0 nitrogen and oxygen atoms in total. The van der Waals surface area contributed by atoms with Crippen LogP contribution in [0.2, 0.25) is 0 Å². The Morgan fingerprint density at radius 1 is 0.733 bits per heavy atom. The summed E-state index contributed by atoms with van der Waals surface area (Å²) in [4.78, 5) is 0. The average molecular weight is 235 g/mol. The Kier molecular flexibility index (Phi) is 183000. The fourth-order valence-electron chi connectivity index (χ4n) is 0. The highest BCUT2D eigenvalue weighted by Crippen LogP contribution is 1.21. The van der Waals surface area contributed by atoms with Crippen molar-refractivity contribution in [2.75, 3.05) is 0 Å². The minimum Gasteiger partial charge on any atom is -0.124 e. The summed E-state index contributed by atoms with van der Waals surface area (Å²) in [6, 6.07) is 0. The maximum atomic E-state index is 5.75. The summed E-state index contributed by atoms with van der Waals surface area (Å²) in [6.07, 6.45) is 20.6. The lowest BCUT2D eigenvalue weighted by atomic mass is 10.9. The van der Waals surface area contributed by atoms with Crippen molar-refractivity contribution >= 4 is 0 Å². The Morgan fingerprint density at radius 2 is 0.733 bits per heavy atom. The Balaban J connectivity index is -0.00000000126. The molecule has 0 aliphatic heterocycles. The zero-order chi connectivity index (χ0) is 8.71. The topological polar surface area (TPSA) is 0 Å². The standard InChI is InChI=1S/C3H4.2C2H2.8CH4.3H2/c1-3-2;2*1-2;;;;;;;;;;;/h1H,2H3;2*1-2H;8*1H4;3*1H/i;;;1T;;;;;;;;3*1+2. The van der Waals surface area contributed by atoms with Crippen LogP contribution in [-0.2, 0) is 0 Å². The van der Waals surface area contributed by atoms with Crippen LogP contribution in [0.1, 0.15) is 72.0 Å². The Bertz CT molecular complexity index is 75.1. The average Bonchev–Trinajstić information content (AvgIpc) is 2.01. The fourth-order valence-corrected chi connectivity index (χ4v) is 0. The van der Waals surface area contributed by atoms with Crippen LogP contribution in [0.5, 0.6) is 0 Å². The second-order valence-corrected chi connectivity index (χ2v) is 0.289. The lowest BCUT2D eigenvalue weighted by molar-refractivity contribution is 1.94.